The van der Waals surface area contributed by atoms with Crippen LogP contribution in [0.25, 0.3) is 32.7 Å². The number of fused-ring (bicyclic) bond motifs is 3. The van der Waals surface area contributed by atoms with Gasteiger partial charge in [0, 0.05) is 94.7 Å². The lowest BCUT2D eigenvalue weighted by Crippen LogP contribution is -2.50. The van der Waals surface area contributed by atoms with Gasteiger partial charge in [0.25, 0.3) is 0 Å². The molecule has 0 spiro atoms. The van der Waals surface area contributed by atoms with Crippen molar-refractivity contribution in [1.29, 1.82) is 0 Å². The Hall–Kier alpha value is -7.98. The van der Waals surface area contributed by atoms with E-state index in [1.165, 1.54) is 48.7 Å². The van der Waals surface area contributed by atoms with Crippen LogP contribution in [-0.4, -0.2) is 184 Å². The summed E-state index contributed by atoms with van der Waals surface area (Å²) in [6, 6.07) is 4.65. The minimum atomic E-state index is -0.683. The van der Waals surface area contributed by atoms with Crippen molar-refractivity contribution < 1.29 is 60.7 Å². The van der Waals surface area contributed by atoms with E-state index in [1.807, 2.05) is 51.3 Å². The Balaban J connectivity index is 0.000000302. The summed E-state index contributed by atoms with van der Waals surface area (Å²) in [5, 5.41) is 7.38. The van der Waals surface area contributed by atoms with Crippen LogP contribution in [0.1, 0.15) is 63.8 Å². The summed E-state index contributed by atoms with van der Waals surface area (Å²) < 4.78 is 84.7. The van der Waals surface area contributed by atoms with E-state index in [1.54, 1.807) is 21.9 Å². The first-order valence-corrected chi connectivity index (χ1v) is 25.9. The lowest BCUT2D eigenvalue weighted by molar-refractivity contribution is 0.0223. The van der Waals surface area contributed by atoms with Crippen molar-refractivity contribution in [2.75, 3.05) is 148 Å². The fourth-order valence-electron chi connectivity index (χ4n) is 8.34. The van der Waals surface area contributed by atoms with Crippen molar-refractivity contribution in [2.45, 2.75) is 75.0 Å². The molecule has 0 aliphatic carbocycles. The summed E-state index contributed by atoms with van der Waals surface area (Å²) in [6.07, 6.45) is -0.562. The average molecular weight is 1210 g/mol. The zero-order valence-corrected chi connectivity index (χ0v) is 48.3. The summed E-state index contributed by atoms with van der Waals surface area (Å²) in [5.74, 6) is -0.156. The molecule has 9 rings (SSSR count). The van der Waals surface area contributed by atoms with E-state index >= 15 is 0 Å². The van der Waals surface area contributed by atoms with Gasteiger partial charge in [-0.3, -0.25) is 0 Å². The van der Waals surface area contributed by atoms with E-state index in [0.717, 1.165) is 52.4 Å². The third kappa shape index (κ3) is 17.1. The van der Waals surface area contributed by atoms with Crippen molar-refractivity contribution in [3.63, 3.8) is 0 Å². The molecular formula is C55H83ClF3N15O10. The van der Waals surface area contributed by atoms with Crippen molar-refractivity contribution >= 4 is 85.8 Å². The largest absolute Gasteiger partial charge is 0.493 e. The summed E-state index contributed by atoms with van der Waals surface area (Å²) in [6.45, 7) is 19.3. The summed E-state index contributed by atoms with van der Waals surface area (Å²) in [4.78, 5) is 55.8. The number of carbonyl (C=O) groups excluding carboxylic acids is 2. The fraction of sp³-hybridized carbons (Fsp3) is 0.527. The number of rotatable bonds is 8. The SMILES string of the molecule is C.C.C.CC(C)(C)OC(=O)N1CCNCC1.COc1cc2c(N)nc(Cl)nc2c(F)c1OC.COc1cc2c(N)nc(N3CCN(C(=O)OC(C)(C)C)CC3)nc2c(F)c1OC.COc1cc2c(N)nc(N3CCNCC3)nc2c(F)c1OC. The molecule has 6 aromatic rings. The van der Waals surface area contributed by atoms with E-state index in [-0.39, 0.29) is 114 Å². The molecular weight excluding hydrogens is 1120 g/mol. The van der Waals surface area contributed by atoms with Crippen molar-refractivity contribution in [2.24, 2.45) is 0 Å². The molecule has 466 valence electrons. The van der Waals surface area contributed by atoms with Gasteiger partial charge in [-0.2, -0.15) is 9.97 Å². The maximum atomic E-state index is 14.9. The molecule has 3 fully saturated rings. The van der Waals surface area contributed by atoms with E-state index in [4.69, 9.17) is 66.7 Å². The van der Waals surface area contributed by atoms with Gasteiger partial charge >= 0.3 is 12.2 Å². The normalized spacial score (nSPS) is 14.1. The minimum Gasteiger partial charge on any atom is -0.493 e. The smallest absolute Gasteiger partial charge is 0.410 e. The summed E-state index contributed by atoms with van der Waals surface area (Å²) in [5.41, 5.74) is 17.0. The van der Waals surface area contributed by atoms with E-state index in [2.05, 4.69) is 40.5 Å². The Morgan fingerprint density at radius 1 is 0.476 bits per heavy atom. The molecule has 84 heavy (non-hydrogen) atoms. The Labute approximate surface area is 493 Å². The Kier molecular flexibility index (Phi) is 25.6. The number of piperazine rings is 3. The third-order valence-corrected chi connectivity index (χ3v) is 12.4. The van der Waals surface area contributed by atoms with Crippen molar-refractivity contribution in [3.05, 3.63) is 40.9 Å². The number of carbonyl (C=O) groups is 2. The van der Waals surface area contributed by atoms with Gasteiger partial charge < -0.3 is 85.3 Å². The lowest BCUT2D eigenvalue weighted by Gasteiger charge is -2.35. The van der Waals surface area contributed by atoms with Crippen LogP contribution in [-0.2, 0) is 9.47 Å². The number of benzene rings is 3. The highest BCUT2D eigenvalue weighted by atomic mass is 35.5. The molecule has 3 aromatic heterocycles. The first-order valence-electron chi connectivity index (χ1n) is 25.5. The van der Waals surface area contributed by atoms with Gasteiger partial charge in [-0.05, 0) is 71.3 Å². The fourth-order valence-corrected chi connectivity index (χ4v) is 8.51. The predicted octanol–water partition coefficient (Wildman–Crippen LogP) is 7.96. The number of nitrogen functional groups attached to an aromatic ring is 3. The van der Waals surface area contributed by atoms with Gasteiger partial charge in [0.05, 0.1) is 42.7 Å². The molecule has 0 bridgehead atoms. The quantitative estimate of drug-likeness (QED) is 0.0903. The first kappa shape index (κ1) is 70.3. The number of nitrogens with two attached hydrogens (primary N) is 3. The van der Waals surface area contributed by atoms with Gasteiger partial charge in [0.15, 0.2) is 51.9 Å². The van der Waals surface area contributed by atoms with Gasteiger partial charge in [-0.25, -0.2) is 42.7 Å². The highest BCUT2D eigenvalue weighted by Gasteiger charge is 2.29. The van der Waals surface area contributed by atoms with Crippen LogP contribution in [0.4, 0.5) is 52.1 Å². The number of amides is 2. The maximum Gasteiger partial charge on any atom is 0.410 e. The Morgan fingerprint density at radius 2 is 0.786 bits per heavy atom. The van der Waals surface area contributed by atoms with Crippen LogP contribution >= 0.6 is 11.6 Å². The molecule has 3 saturated heterocycles. The molecule has 3 aliphatic heterocycles. The number of ether oxygens (including phenoxy) is 8. The van der Waals surface area contributed by atoms with Gasteiger partial charge in [0.1, 0.15) is 45.2 Å². The van der Waals surface area contributed by atoms with Crippen LogP contribution in [0.2, 0.25) is 5.28 Å². The number of anilines is 5. The number of hydrogen-bond acceptors (Lipinski definition) is 23. The van der Waals surface area contributed by atoms with E-state index < -0.39 is 23.1 Å². The monoisotopic (exact) mass is 1210 g/mol. The molecule has 25 nitrogen and oxygen atoms in total. The second-order valence-corrected chi connectivity index (χ2v) is 20.4. The van der Waals surface area contributed by atoms with Crippen LogP contribution in [0.5, 0.6) is 34.5 Å². The standard InChI is InChI=1S/C19H26FN5O4.C14H18FN5O2.C10H9ClFN3O2.C9H18N2O2.3CH4/c1-19(2,3)29-18(26)25-8-6-24(7-9-25)17-22-14-11(16(21)23-17)10-12(27-4)15(28-5)13(14)20;1-21-9-7-8-11(10(15)12(9)22-2)18-14(19-13(8)16)20-5-3-17-4-6-20;1-16-5-3-4-7(6(12)8(5)17-2)14-10(11)15-9(4)13;1-9(2,3)13-8(12)11-6-4-10-5-7-11;;;/h10H,6-9H2,1-5H3,(H2,21,22,23);7,17H,3-6H2,1-2H3,(H2,16,18,19);3H,1-2H3,(H2,13,14,15);10H,4-7H2,1-3H3;3*1H4. The number of nitrogens with zero attached hydrogens (tertiary/aromatic N) is 10. The zero-order valence-electron chi connectivity index (χ0n) is 47.5. The molecule has 0 saturated carbocycles. The second-order valence-electron chi connectivity index (χ2n) is 20.1. The average Bonchev–Trinajstić information content (AvgIpc) is 1.71. The number of methoxy groups -OCH3 is 6. The molecule has 0 atom stereocenters. The number of nitrogens with one attached hydrogen (secondary N) is 2. The molecule has 0 radical (unpaired) electrons. The summed E-state index contributed by atoms with van der Waals surface area (Å²) in [7, 11) is 8.33. The van der Waals surface area contributed by atoms with Crippen LogP contribution in [0, 0.1) is 17.5 Å². The van der Waals surface area contributed by atoms with Gasteiger partial charge in [0.2, 0.25) is 17.2 Å². The number of hydrogen-bond donors (Lipinski definition) is 5. The van der Waals surface area contributed by atoms with Gasteiger partial charge in [-0.1, -0.05) is 22.3 Å². The van der Waals surface area contributed by atoms with Crippen LogP contribution < -0.4 is 66.1 Å². The van der Waals surface area contributed by atoms with Crippen LogP contribution in [0.3, 0.4) is 0 Å². The molecule has 0 unspecified atom stereocenters. The second kappa shape index (κ2) is 30.5. The molecule has 3 aliphatic rings. The Morgan fingerprint density at radius 3 is 1.12 bits per heavy atom. The zero-order chi connectivity index (χ0) is 59.5. The van der Waals surface area contributed by atoms with E-state index in [9.17, 15) is 22.8 Å². The summed E-state index contributed by atoms with van der Waals surface area (Å²) >= 11 is 5.62. The molecule has 3 aromatic carbocycles. The van der Waals surface area contributed by atoms with Crippen molar-refractivity contribution in [3.8, 4) is 34.5 Å². The predicted molar refractivity (Wildman–Crippen MR) is 322 cm³/mol. The minimum absolute atomic E-state index is 0. The van der Waals surface area contributed by atoms with Crippen LogP contribution in [0.15, 0.2) is 18.2 Å². The molecule has 2 amide bonds. The first-order chi connectivity index (χ1) is 38.4. The highest BCUT2D eigenvalue weighted by molar-refractivity contribution is 6.28. The van der Waals surface area contributed by atoms with E-state index in [0.29, 0.717) is 54.2 Å². The molecule has 6 heterocycles. The topological polar surface area (TPSA) is 300 Å². The molecule has 29 heteroatoms. The Bertz CT molecular complexity index is 3190. The lowest BCUT2D eigenvalue weighted by atomic mass is 10.2. The third-order valence-electron chi connectivity index (χ3n) is 12.2. The van der Waals surface area contributed by atoms with Crippen molar-refractivity contribution in [1.82, 2.24) is 50.3 Å². The van der Waals surface area contributed by atoms with Gasteiger partial charge in [-0.15, -0.1) is 0 Å². The number of halogens is 4. The molecule has 8 N–H and O–H groups in total. The highest BCUT2D eigenvalue weighted by Crippen LogP contribution is 2.40. The maximum absolute atomic E-state index is 14.9. The number of aromatic nitrogens is 6.